The first-order chi connectivity index (χ1) is 7.82. The number of hydrogen-bond acceptors (Lipinski definition) is 5. The van der Waals surface area contributed by atoms with Crippen molar-refractivity contribution in [3.63, 3.8) is 0 Å². The number of carboxylic acid groups (broad SMARTS) is 1. The van der Waals surface area contributed by atoms with E-state index in [1.54, 1.807) is 19.9 Å². The Morgan fingerprint density at radius 2 is 2.18 bits per heavy atom. The zero-order chi connectivity index (χ0) is 13.1. The maximum absolute atomic E-state index is 10.7. The van der Waals surface area contributed by atoms with Crippen LogP contribution in [0.25, 0.3) is 0 Å². The molecule has 0 aliphatic carbocycles. The maximum atomic E-state index is 10.7. The van der Waals surface area contributed by atoms with Gasteiger partial charge in [-0.25, -0.2) is 4.98 Å². The van der Waals surface area contributed by atoms with Crippen molar-refractivity contribution in [3.8, 4) is 5.88 Å². The summed E-state index contributed by atoms with van der Waals surface area (Å²) in [5.74, 6) is -0.0543. The molecule has 0 fully saturated rings. The monoisotopic (exact) mass is 239 g/mol. The van der Waals surface area contributed by atoms with Crippen LogP contribution >= 0.6 is 0 Å². The topological polar surface area (TPSA) is 84.3 Å². The Morgan fingerprint density at radius 1 is 1.53 bits per heavy atom. The van der Waals surface area contributed by atoms with Gasteiger partial charge in [0, 0.05) is 17.3 Å². The minimum Gasteiger partial charge on any atom is -0.481 e. The molecule has 1 rings (SSSR count). The van der Waals surface area contributed by atoms with E-state index >= 15 is 0 Å². The van der Waals surface area contributed by atoms with Gasteiger partial charge in [0.05, 0.1) is 13.5 Å². The van der Waals surface area contributed by atoms with E-state index in [-0.39, 0.29) is 6.42 Å². The Labute approximate surface area is 100 Å². The molecule has 0 unspecified atom stereocenters. The van der Waals surface area contributed by atoms with E-state index in [4.69, 9.17) is 9.84 Å². The van der Waals surface area contributed by atoms with Crippen molar-refractivity contribution in [2.75, 3.05) is 12.4 Å². The molecule has 0 radical (unpaired) electrons. The van der Waals surface area contributed by atoms with Gasteiger partial charge in [0.15, 0.2) is 0 Å². The molecule has 1 aromatic rings. The number of hydrogen-bond donors (Lipinski definition) is 2. The van der Waals surface area contributed by atoms with Gasteiger partial charge in [-0.2, -0.15) is 4.98 Å². The lowest BCUT2D eigenvalue weighted by molar-refractivity contribution is -0.137. The van der Waals surface area contributed by atoms with Crippen LogP contribution < -0.4 is 10.1 Å². The van der Waals surface area contributed by atoms with Gasteiger partial charge in [-0.3, -0.25) is 4.79 Å². The number of carbonyl (C=O) groups is 1. The van der Waals surface area contributed by atoms with Gasteiger partial charge >= 0.3 is 5.97 Å². The standard InChI is InChI=1S/C11H17N3O3/c1-7-5-8(17-4)13-10(12-7)14-11(2,3)6-9(15)16/h5H,6H2,1-4H3,(H,15,16)(H,12,13,14). The lowest BCUT2D eigenvalue weighted by Gasteiger charge is -2.24. The molecule has 0 amide bonds. The number of rotatable bonds is 5. The molecule has 0 aromatic carbocycles. The smallest absolute Gasteiger partial charge is 0.305 e. The molecule has 0 saturated heterocycles. The average Bonchev–Trinajstić information content (AvgIpc) is 2.13. The Balaban J connectivity index is 2.87. The van der Waals surface area contributed by atoms with Crippen molar-refractivity contribution in [1.29, 1.82) is 0 Å². The average molecular weight is 239 g/mol. The molecular weight excluding hydrogens is 222 g/mol. The van der Waals surface area contributed by atoms with Crippen LogP contribution in [0.1, 0.15) is 26.0 Å². The SMILES string of the molecule is COc1cc(C)nc(NC(C)(C)CC(=O)O)n1. The summed E-state index contributed by atoms with van der Waals surface area (Å²) in [5, 5.41) is 11.8. The van der Waals surface area contributed by atoms with Crippen LogP contribution in [0.15, 0.2) is 6.07 Å². The third-order valence-corrected chi connectivity index (χ3v) is 2.08. The fourth-order valence-electron chi connectivity index (χ4n) is 1.43. The third kappa shape index (κ3) is 4.26. The van der Waals surface area contributed by atoms with E-state index in [0.717, 1.165) is 5.69 Å². The molecule has 0 spiro atoms. The second-order valence-electron chi connectivity index (χ2n) is 4.45. The van der Waals surface area contributed by atoms with Crippen LogP contribution in [0, 0.1) is 6.92 Å². The molecule has 0 saturated carbocycles. The fraction of sp³-hybridized carbons (Fsp3) is 0.545. The summed E-state index contributed by atoms with van der Waals surface area (Å²) >= 11 is 0. The maximum Gasteiger partial charge on any atom is 0.305 e. The van der Waals surface area contributed by atoms with Crippen molar-refractivity contribution >= 4 is 11.9 Å². The van der Waals surface area contributed by atoms with E-state index < -0.39 is 11.5 Å². The molecule has 2 N–H and O–H groups in total. The number of methoxy groups -OCH3 is 1. The number of anilines is 1. The zero-order valence-electron chi connectivity index (χ0n) is 10.4. The lowest BCUT2D eigenvalue weighted by Crippen LogP contribution is -2.34. The highest BCUT2D eigenvalue weighted by Gasteiger charge is 2.22. The molecule has 1 aromatic heterocycles. The van der Waals surface area contributed by atoms with Crippen LogP contribution in [0.5, 0.6) is 5.88 Å². The van der Waals surface area contributed by atoms with Crippen LogP contribution in [0.2, 0.25) is 0 Å². The quantitative estimate of drug-likeness (QED) is 0.809. The molecule has 0 bridgehead atoms. The van der Waals surface area contributed by atoms with Gasteiger partial charge in [-0.15, -0.1) is 0 Å². The largest absolute Gasteiger partial charge is 0.481 e. The van der Waals surface area contributed by atoms with Crippen molar-refractivity contribution in [3.05, 3.63) is 11.8 Å². The van der Waals surface area contributed by atoms with Crippen molar-refractivity contribution < 1.29 is 14.6 Å². The first-order valence-corrected chi connectivity index (χ1v) is 5.22. The molecule has 0 aliphatic heterocycles. The molecule has 17 heavy (non-hydrogen) atoms. The van der Waals surface area contributed by atoms with Crippen molar-refractivity contribution in [2.24, 2.45) is 0 Å². The molecule has 0 atom stereocenters. The van der Waals surface area contributed by atoms with Gasteiger partial charge in [0.2, 0.25) is 11.8 Å². The van der Waals surface area contributed by atoms with Gasteiger partial charge in [0.25, 0.3) is 0 Å². The Bertz CT molecular complexity index is 418. The molecule has 1 heterocycles. The minimum absolute atomic E-state index is 0.0212. The highest BCUT2D eigenvalue weighted by molar-refractivity contribution is 5.69. The van der Waals surface area contributed by atoms with E-state index in [2.05, 4.69) is 15.3 Å². The predicted molar refractivity (Wildman–Crippen MR) is 63.3 cm³/mol. The summed E-state index contributed by atoms with van der Waals surface area (Å²) in [6.07, 6.45) is -0.0212. The summed E-state index contributed by atoms with van der Waals surface area (Å²) in [6, 6.07) is 1.70. The first kappa shape index (κ1) is 13.2. The second kappa shape index (κ2) is 4.99. The zero-order valence-corrected chi connectivity index (χ0v) is 10.4. The Hall–Kier alpha value is -1.85. The van der Waals surface area contributed by atoms with Crippen molar-refractivity contribution in [1.82, 2.24) is 9.97 Å². The molecule has 6 nitrogen and oxygen atoms in total. The lowest BCUT2D eigenvalue weighted by atomic mass is 10.0. The summed E-state index contributed by atoms with van der Waals surface area (Å²) < 4.78 is 5.02. The highest BCUT2D eigenvalue weighted by Crippen LogP contribution is 2.18. The van der Waals surface area contributed by atoms with E-state index in [1.807, 2.05) is 6.92 Å². The Morgan fingerprint density at radius 3 is 2.71 bits per heavy atom. The Kier molecular flexibility index (Phi) is 3.88. The van der Waals surface area contributed by atoms with Gasteiger partial charge < -0.3 is 15.2 Å². The van der Waals surface area contributed by atoms with Crippen LogP contribution in [0.4, 0.5) is 5.95 Å². The van der Waals surface area contributed by atoms with E-state index in [1.165, 1.54) is 7.11 Å². The summed E-state index contributed by atoms with van der Waals surface area (Å²) in [4.78, 5) is 19.0. The molecular formula is C11H17N3O3. The normalized spacial score (nSPS) is 11.1. The highest BCUT2D eigenvalue weighted by atomic mass is 16.5. The number of carboxylic acids is 1. The third-order valence-electron chi connectivity index (χ3n) is 2.08. The van der Waals surface area contributed by atoms with Crippen molar-refractivity contribution in [2.45, 2.75) is 32.7 Å². The summed E-state index contributed by atoms with van der Waals surface area (Å²) in [7, 11) is 1.52. The summed E-state index contributed by atoms with van der Waals surface area (Å²) in [5.41, 5.74) is 0.135. The number of aryl methyl sites for hydroxylation is 1. The van der Waals surface area contributed by atoms with Gasteiger partial charge in [-0.05, 0) is 20.8 Å². The van der Waals surface area contributed by atoms with Gasteiger partial charge in [0.1, 0.15) is 0 Å². The molecule has 0 aliphatic rings. The van der Waals surface area contributed by atoms with Crippen LogP contribution in [-0.2, 0) is 4.79 Å². The van der Waals surface area contributed by atoms with Gasteiger partial charge in [-0.1, -0.05) is 0 Å². The minimum atomic E-state index is -0.873. The van der Waals surface area contributed by atoms with Crippen LogP contribution in [0.3, 0.4) is 0 Å². The number of nitrogens with zero attached hydrogens (tertiary/aromatic N) is 2. The first-order valence-electron chi connectivity index (χ1n) is 5.22. The van der Waals surface area contributed by atoms with E-state index in [0.29, 0.717) is 11.8 Å². The number of aliphatic carboxylic acids is 1. The molecule has 6 heteroatoms. The predicted octanol–water partition coefficient (Wildman–Crippen LogP) is 1.46. The molecule has 94 valence electrons. The number of aromatic nitrogens is 2. The van der Waals surface area contributed by atoms with Crippen LogP contribution in [-0.4, -0.2) is 33.7 Å². The number of nitrogens with one attached hydrogen (secondary N) is 1. The van der Waals surface area contributed by atoms with E-state index in [9.17, 15) is 4.79 Å². The summed E-state index contributed by atoms with van der Waals surface area (Å²) in [6.45, 7) is 5.37. The second-order valence-corrected chi connectivity index (χ2v) is 4.45. The number of ether oxygens (including phenoxy) is 1. The fourth-order valence-corrected chi connectivity index (χ4v) is 1.43.